The van der Waals surface area contributed by atoms with E-state index in [1.165, 1.54) is 0 Å². The van der Waals surface area contributed by atoms with E-state index in [-0.39, 0.29) is 0 Å². The number of halogens is 2. The van der Waals surface area contributed by atoms with Crippen LogP contribution in [0.2, 0.25) is 10.0 Å². The standard InChI is InChI=1S/C14H10Cl2N6/c15-11-7-6-10(13(16)8-11)9-17-18-14-19-20-21-22(14)12-4-2-1-3-5-12/h1-9H,(H,18,19,21)/b17-9+. The summed E-state index contributed by atoms with van der Waals surface area (Å²) in [6.45, 7) is 0. The lowest BCUT2D eigenvalue weighted by molar-refractivity contribution is 0.790. The highest BCUT2D eigenvalue weighted by Crippen LogP contribution is 2.19. The van der Waals surface area contributed by atoms with Crippen molar-refractivity contribution in [2.45, 2.75) is 0 Å². The monoisotopic (exact) mass is 332 g/mol. The van der Waals surface area contributed by atoms with E-state index in [4.69, 9.17) is 23.2 Å². The number of hydrogen-bond donors (Lipinski definition) is 1. The van der Waals surface area contributed by atoms with E-state index >= 15 is 0 Å². The van der Waals surface area contributed by atoms with Crippen LogP contribution in [-0.4, -0.2) is 26.4 Å². The van der Waals surface area contributed by atoms with Gasteiger partial charge in [-0.3, -0.25) is 0 Å². The zero-order valence-electron chi connectivity index (χ0n) is 11.2. The number of hydrazone groups is 1. The number of rotatable bonds is 4. The number of para-hydroxylation sites is 1. The third kappa shape index (κ3) is 3.24. The van der Waals surface area contributed by atoms with Gasteiger partial charge in [-0.05, 0) is 34.7 Å². The minimum atomic E-state index is 0.396. The smallest absolute Gasteiger partial charge is 0.244 e. The summed E-state index contributed by atoms with van der Waals surface area (Å²) in [5.74, 6) is 0.396. The Labute approximate surface area is 136 Å². The highest BCUT2D eigenvalue weighted by molar-refractivity contribution is 6.36. The molecular formula is C14H10Cl2N6. The summed E-state index contributed by atoms with van der Waals surface area (Å²) in [6.07, 6.45) is 1.57. The molecule has 1 N–H and O–H groups in total. The van der Waals surface area contributed by atoms with Gasteiger partial charge in [0.15, 0.2) is 0 Å². The molecule has 8 heteroatoms. The summed E-state index contributed by atoms with van der Waals surface area (Å²) in [7, 11) is 0. The molecule has 0 radical (unpaired) electrons. The van der Waals surface area contributed by atoms with Gasteiger partial charge in [0.25, 0.3) is 5.95 Å². The summed E-state index contributed by atoms with van der Waals surface area (Å²) in [5.41, 5.74) is 4.35. The second-order valence-electron chi connectivity index (χ2n) is 4.29. The van der Waals surface area contributed by atoms with Gasteiger partial charge in [-0.2, -0.15) is 9.78 Å². The Morgan fingerprint density at radius 2 is 1.91 bits per heavy atom. The second-order valence-corrected chi connectivity index (χ2v) is 5.13. The van der Waals surface area contributed by atoms with E-state index in [0.29, 0.717) is 16.0 Å². The third-order valence-corrected chi connectivity index (χ3v) is 3.36. The molecule has 2 aromatic carbocycles. The second kappa shape index (κ2) is 6.55. The zero-order valence-corrected chi connectivity index (χ0v) is 12.7. The summed E-state index contributed by atoms with van der Waals surface area (Å²) >= 11 is 11.9. The summed E-state index contributed by atoms with van der Waals surface area (Å²) in [4.78, 5) is 0. The molecule has 0 aliphatic carbocycles. The summed E-state index contributed by atoms with van der Waals surface area (Å²) in [5, 5.41) is 16.6. The van der Waals surface area contributed by atoms with Gasteiger partial charge < -0.3 is 0 Å². The van der Waals surface area contributed by atoms with Gasteiger partial charge in [0.05, 0.1) is 16.9 Å². The van der Waals surface area contributed by atoms with E-state index in [1.807, 2.05) is 30.3 Å². The predicted molar refractivity (Wildman–Crippen MR) is 86.8 cm³/mol. The van der Waals surface area contributed by atoms with Crippen LogP contribution < -0.4 is 5.43 Å². The molecule has 0 amide bonds. The maximum atomic E-state index is 6.07. The fourth-order valence-corrected chi connectivity index (χ4v) is 2.22. The Bertz CT molecular complexity index is 800. The van der Waals surface area contributed by atoms with E-state index in [0.717, 1.165) is 11.3 Å². The Hall–Kier alpha value is -2.44. The first-order valence-electron chi connectivity index (χ1n) is 6.32. The summed E-state index contributed by atoms with van der Waals surface area (Å²) < 4.78 is 1.54. The van der Waals surface area contributed by atoms with Crippen LogP contribution in [0.5, 0.6) is 0 Å². The van der Waals surface area contributed by atoms with Crippen molar-refractivity contribution in [2.24, 2.45) is 5.10 Å². The highest BCUT2D eigenvalue weighted by atomic mass is 35.5. The molecule has 22 heavy (non-hydrogen) atoms. The Morgan fingerprint density at radius 1 is 1.09 bits per heavy atom. The molecule has 0 atom stereocenters. The molecule has 1 aromatic heterocycles. The molecule has 110 valence electrons. The summed E-state index contributed by atoms with van der Waals surface area (Å²) in [6, 6.07) is 14.7. The predicted octanol–water partition coefficient (Wildman–Crippen LogP) is 3.42. The Balaban J connectivity index is 1.78. The lowest BCUT2D eigenvalue weighted by atomic mass is 10.2. The first kappa shape index (κ1) is 14.5. The van der Waals surface area contributed by atoms with Gasteiger partial charge in [-0.1, -0.05) is 52.6 Å². The fraction of sp³-hybridized carbons (Fsp3) is 0. The molecule has 0 aliphatic heterocycles. The van der Waals surface area contributed by atoms with Crippen molar-refractivity contribution in [2.75, 3.05) is 5.43 Å². The average Bonchev–Trinajstić information content (AvgIpc) is 2.99. The van der Waals surface area contributed by atoms with Crippen LogP contribution in [0.15, 0.2) is 53.6 Å². The van der Waals surface area contributed by atoms with Crippen molar-refractivity contribution in [3.63, 3.8) is 0 Å². The normalized spacial score (nSPS) is 11.0. The number of tetrazole rings is 1. The Kier molecular flexibility index (Phi) is 4.32. The first-order valence-corrected chi connectivity index (χ1v) is 7.07. The van der Waals surface area contributed by atoms with Gasteiger partial charge >= 0.3 is 0 Å². The van der Waals surface area contributed by atoms with Gasteiger partial charge in [0.1, 0.15) is 0 Å². The molecule has 0 saturated heterocycles. The molecule has 1 heterocycles. The number of nitrogens with zero attached hydrogens (tertiary/aromatic N) is 5. The molecule has 0 bridgehead atoms. The molecule has 3 aromatic rings. The molecular weight excluding hydrogens is 323 g/mol. The van der Waals surface area contributed by atoms with E-state index in [2.05, 4.69) is 26.1 Å². The maximum absolute atomic E-state index is 6.07. The van der Waals surface area contributed by atoms with Crippen LogP contribution in [0.25, 0.3) is 5.69 Å². The van der Waals surface area contributed by atoms with Crippen LogP contribution in [0.3, 0.4) is 0 Å². The number of benzene rings is 2. The minimum absolute atomic E-state index is 0.396. The van der Waals surface area contributed by atoms with Crippen LogP contribution in [0.1, 0.15) is 5.56 Å². The van der Waals surface area contributed by atoms with Gasteiger partial charge in [0.2, 0.25) is 0 Å². The van der Waals surface area contributed by atoms with Crippen molar-refractivity contribution in [3.05, 3.63) is 64.1 Å². The number of hydrogen-bond acceptors (Lipinski definition) is 5. The maximum Gasteiger partial charge on any atom is 0.268 e. The fourth-order valence-electron chi connectivity index (χ4n) is 1.77. The third-order valence-electron chi connectivity index (χ3n) is 2.80. The molecule has 0 aliphatic rings. The number of nitrogens with one attached hydrogen (secondary N) is 1. The van der Waals surface area contributed by atoms with Crippen LogP contribution >= 0.6 is 23.2 Å². The topological polar surface area (TPSA) is 68.0 Å². The quantitative estimate of drug-likeness (QED) is 0.587. The largest absolute Gasteiger partial charge is 0.268 e. The number of aromatic nitrogens is 4. The van der Waals surface area contributed by atoms with Crippen molar-refractivity contribution in [1.29, 1.82) is 0 Å². The van der Waals surface area contributed by atoms with Crippen molar-refractivity contribution in [1.82, 2.24) is 20.2 Å². The SMILES string of the molecule is Clc1ccc(/C=N/Nc2nnnn2-c2ccccc2)c(Cl)c1. The van der Waals surface area contributed by atoms with E-state index < -0.39 is 0 Å². The van der Waals surface area contributed by atoms with Crippen molar-refractivity contribution >= 4 is 35.4 Å². The highest BCUT2D eigenvalue weighted by Gasteiger charge is 2.06. The van der Waals surface area contributed by atoms with Gasteiger partial charge in [-0.15, -0.1) is 0 Å². The number of anilines is 1. The molecule has 3 rings (SSSR count). The van der Waals surface area contributed by atoms with Crippen molar-refractivity contribution in [3.8, 4) is 5.69 Å². The minimum Gasteiger partial charge on any atom is -0.244 e. The van der Waals surface area contributed by atoms with Crippen LogP contribution in [0, 0.1) is 0 Å². The molecule has 0 spiro atoms. The Morgan fingerprint density at radius 3 is 2.68 bits per heavy atom. The van der Waals surface area contributed by atoms with Crippen LogP contribution in [-0.2, 0) is 0 Å². The van der Waals surface area contributed by atoms with E-state index in [9.17, 15) is 0 Å². The van der Waals surface area contributed by atoms with Crippen LogP contribution in [0.4, 0.5) is 5.95 Å². The lowest BCUT2D eigenvalue weighted by Gasteiger charge is -2.03. The van der Waals surface area contributed by atoms with Gasteiger partial charge in [0, 0.05) is 10.6 Å². The molecule has 0 unspecified atom stereocenters. The van der Waals surface area contributed by atoms with Gasteiger partial charge in [-0.25, -0.2) is 5.43 Å². The van der Waals surface area contributed by atoms with Crippen molar-refractivity contribution < 1.29 is 0 Å². The molecule has 6 nitrogen and oxygen atoms in total. The van der Waals surface area contributed by atoms with E-state index in [1.54, 1.807) is 29.1 Å². The first-order chi connectivity index (χ1) is 10.7. The lowest BCUT2D eigenvalue weighted by Crippen LogP contribution is -2.03. The average molecular weight is 333 g/mol. The molecule has 0 fully saturated rings. The zero-order chi connectivity index (χ0) is 15.4. The molecule has 0 saturated carbocycles.